The van der Waals surface area contributed by atoms with Crippen molar-refractivity contribution in [2.24, 2.45) is 5.73 Å². The second-order valence-corrected chi connectivity index (χ2v) is 3.23. The van der Waals surface area contributed by atoms with Gasteiger partial charge in [-0.3, -0.25) is 0 Å². The lowest BCUT2D eigenvalue weighted by molar-refractivity contribution is 0.522. The van der Waals surface area contributed by atoms with E-state index < -0.39 is 5.82 Å². The number of halogens is 1. The van der Waals surface area contributed by atoms with Crippen LogP contribution in [0.1, 0.15) is 5.89 Å². The quantitative estimate of drug-likeness (QED) is 0.791. The van der Waals surface area contributed by atoms with E-state index in [9.17, 15) is 4.39 Å². The number of nitrogens with zero attached hydrogens (tertiary/aromatic N) is 4. The molecule has 0 aliphatic carbocycles. The van der Waals surface area contributed by atoms with Crippen LogP contribution in [0.4, 0.5) is 10.3 Å². The normalized spacial score (nSPS) is 10.5. The molecule has 2 rings (SSSR count). The molecular formula is C9H11FN6O. The van der Waals surface area contributed by atoms with Crippen LogP contribution in [0.25, 0.3) is 11.6 Å². The molecule has 0 aliphatic heterocycles. The van der Waals surface area contributed by atoms with Crippen LogP contribution in [-0.2, 0) is 0 Å². The van der Waals surface area contributed by atoms with Gasteiger partial charge in [0.15, 0.2) is 11.5 Å². The molecule has 2 aromatic rings. The lowest BCUT2D eigenvalue weighted by Crippen LogP contribution is -2.15. The number of aryl methyl sites for hydroxylation is 1. The lowest BCUT2D eigenvalue weighted by Gasteiger charge is -2.03. The van der Waals surface area contributed by atoms with Crippen molar-refractivity contribution in [1.29, 1.82) is 0 Å². The maximum atomic E-state index is 13.5. The van der Waals surface area contributed by atoms with Gasteiger partial charge in [0.25, 0.3) is 5.89 Å². The molecule has 0 fully saturated rings. The summed E-state index contributed by atoms with van der Waals surface area (Å²) in [5.41, 5.74) is 5.30. The predicted octanol–water partition coefficient (Wildman–Crippen LogP) is 0.345. The minimum atomic E-state index is -0.619. The number of nitrogens with one attached hydrogen (secondary N) is 1. The second kappa shape index (κ2) is 4.83. The van der Waals surface area contributed by atoms with Crippen molar-refractivity contribution in [3.63, 3.8) is 0 Å². The molecule has 3 N–H and O–H groups in total. The zero-order valence-corrected chi connectivity index (χ0v) is 9.14. The van der Waals surface area contributed by atoms with Crippen molar-refractivity contribution in [2.75, 3.05) is 18.4 Å². The van der Waals surface area contributed by atoms with Gasteiger partial charge >= 0.3 is 0 Å². The van der Waals surface area contributed by atoms with Gasteiger partial charge in [-0.2, -0.15) is 0 Å². The Morgan fingerprint density at radius 1 is 1.47 bits per heavy atom. The van der Waals surface area contributed by atoms with Crippen LogP contribution in [0.2, 0.25) is 0 Å². The maximum Gasteiger partial charge on any atom is 0.269 e. The van der Waals surface area contributed by atoms with Gasteiger partial charge in [0.2, 0.25) is 11.8 Å². The van der Waals surface area contributed by atoms with E-state index in [4.69, 9.17) is 10.2 Å². The molecule has 0 saturated carbocycles. The van der Waals surface area contributed by atoms with Gasteiger partial charge in [-0.25, -0.2) is 14.4 Å². The molecule has 90 valence electrons. The summed E-state index contributed by atoms with van der Waals surface area (Å²) in [5.74, 6) is 0.0160. The third-order valence-electron chi connectivity index (χ3n) is 1.90. The van der Waals surface area contributed by atoms with E-state index in [1.807, 2.05) is 0 Å². The average molecular weight is 238 g/mol. The monoisotopic (exact) mass is 238 g/mol. The van der Waals surface area contributed by atoms with Gasteiger partial charge in [-0.1, -0.05) is 0 Å². The number of hydrogen-bond donors (Lipinski definition) is 2. The Labute approximate surface area is 96.3 Å². The van der Waals surface area contributed by atoms with Gasteiger partial charge in [-0.05, 0) is 0 Å². The van der Waals surface area contributed by atoms with E-state index in [0.717, 1.165) is 6.20 Å². The average Bonchev–Trinajstić information content (AvgIpc) is 2.75. The van der Waals surface area contributed by atoms with Crippen LogP contribution >= 0.6 is 0 Å². The first-order valence-electron chi connectivity index (χ1n) is 4.97. The van der Waals surface area contributed by atoms with Gasteiger partial charge in [0.1, 0.15) is 0 Å². The Kier molecular flexibility index (Phi) is 3.24. The minimum absolute atomic E-state index is 0.0261. The van der Waals surface area contributed by atoms with Crippen molar-refractivity contribution in [2.45, 2.75) is 6.92 Å². The molecule has 0 aromatic carbocycles. The molecule has 0 spiro atoms. The Morgan fingerprint density at radius 3 is 2.94 bits per heavy atom. The van der Waals surface area contributed by atoms with Gasteiger partial charge in [-0.15, -0.1) is 10.2 Å². The largest absolute Gasteiger partial charge is 0.420 e. The van der Waals surface area contributed by atoms with E-state index in [1.165, 1.54) is 0 Å². The van der Waals surface area contributed by atoms with E-state index in [2.05, 4.69) is 25.5 Å². The zero-order chi connectivity index (χ0) is 12.3. The highest BCUT2D eigenvalue weighted by Gasteiger charge is 2.15. The van der Waals surface area contributed by atoms with Gasteiger partial charge in [0.05, 0.1) is 6.20 Å². The van der Waals surface area contributed by atoms with Crippen molar-refractivity contribution in [1.82, 2.24) is 20.2 Å². The molecule has 0 bridgehead atoms. The zero-order valence-electron chi connectivity index (χ0n) is 9.14. The highest BCUT2D eigenvalue weighted by Crippen LogP contribution is 2.19. The first-order valence-corrected chi connectivity index (χ1v) is 4.97. The van der Waals surface area contributed by atoms with Crippen molar-refractivity contribution in [3.8, 4) is 11.6 Å². The number of hydrogen-bond acceptors (Lipinski definition) is 7. The van der Waals surface area contributed by atoms with Crippen LogP contribution in [0, 0.1) is 12.7 Å². The summed E-state index contributed by atoms with van der Waals surface area (Å²) in [5, 5.41) is 10.1. The smallest absolute Gasteiger partial charge is 0.269 e. The van der Waals surface area contributed by atoms with Crippen molar-refractivity contribution >= 4 is 5.95 Å². The molecule has 0 amide bonds. The summed E-state index contributed by atoms with van der Waals surface area (Å²) < 4.78 is 18.6. The SMILES string of the molecule is Cc1nnc(-c2nc(NCCN)ncc2F)o1. The summed E-state index contributed by atoms with van der Waals surface area (Å²) in [6.07, 6.45) is 1.04. The molecular weight excluding hydrogens is 227 g/mol. The number of rotatable bonds is 4. The molecule has 2 aromatic heterocycles. The fourth-order valence-electron chi connectivity index (χ4n) is 1.18. The minimum Gasteiger partial charge on any atom is -0.420 e. The summed E-state index contributed by atoms with van der Waals surface area (Å²) in [6.45, 7) is 2.53. The van der Waals surface area contributed by atoms with Crippen LogP contribution in [0.5, 0.6) is 0 Å². The van der Waals surface area contributed by atoms with E-state index in [1.54, 1.807) is 6.92 Å². The number of nitrogens with two attached hydrogens (primary N) is 1. The van der Waals surface area contributed by atoms with Gasteiger partial charge in [0, 0.05) is 20.0 Å². The lowest BCUT2D eigenvalue weighted by atomic mass is 10.4. The van der Waals surface area contributed by atoms with E-state index >= 15 is 0 Å². The molecule has 8 heteroatoms. The summed E-state index contributed by atoms with van der Waals surface area (Å²) in [6, 6.07) is 0. The summed E-state index contributed by atoms with van der Waals surface area (Å²) in [4.78, 5) is 7.71. The fraction of sp³-hybridized carbons (Fsp3) is 0.333. The van der Waals surface area contributed by atoms with Crippen LogP contribution in [0.15, 0.2) is 10.6 Å². The van der Waals surface area contributed by atoms with Gasteiger partial charge < -0.3 is 15.5 Å². The van der Waals surface area contributed by atoms with Crippen LogP contribution < -0.4 is 11.1 Å². The second-order valence-electron chi connectivity index (χ2n) is 3.23. The summed E-state index contributed by atoms with van der Waals surface area (Å²) in [7, 11) is 0. The first kappa shape index (κ1) is 11.4. The third-order valence-corrected chi connectivity index (χ3v) is 1.90. The predicted molar refractivity (Wildman–Crippen MR) is 57.6 cm³/mol. The molecule has 0 atom stereocenters. The highest BCUT2D eigenvalue weighted by molar-refractivity contribution is 5.49. The van der Waals surface area contributed by atoms with Crippen LogP contribution in [0.3, 0.4) is 0 Å². The van der Waals surface area contributed by atoms with E-state index in [0.29, 0.717) is 19.0 Å². The highest BCUT2D eigenvalue weighted by atomic mass is 19.1. The Hall–Kier alpha value is -2.09. The number of aromatic nitrogens is 4. The standard InChI is InChI=1S/C9H11FN6O/c1-5-15-16-8(17-5)7-6(10)4-13-9(14-7)12-3-2-11/h4H,2-3,11H2,1H3,(H,12,13,14). The maximum absolute atomic E-state index is 13.5. The molecule has 0 aliphatic rings. The topological polar surface area (TPSA) is 103 Å². The first-order chi connectivity index (χ1) is 8.20. The molecule has 0 saturated heterocycles. The Bertz CT molecular complexity index is 514. The Morgan fingerprint density at radius 2 is 2.29 bits per heavy atom. The van der Waals surface area contributed by atoms with E-state index in [-0.39, 0.29) is 17.5 Å². The number of anilines is 1. The fourth-order valence-corrected chi connectivity index (χ4v) is 1.18. The van der Waals surface area contributed by atoms with Crippen molar-refractivity contribution < 1.29 is 8.81 Å². The molecule has 2 heterocycles. The molecule has 0 radical (unpaired) electrons. The third kappa shape index (κ3) is 2.53. The molecule has 7 nitrogen and oxygen atoms in total. The molecule has 0 unspecified atom stereocenters. The van der Waals surface area contributed by atoms with Crippen molar-refractivity contribution in [3.05, 3.63) is 17.9 Å². The summed E-state index contributed by atoms with van der Waals surface area (Å²) >= 11 is 0. The molecule has 17 heavy (non-hydrogen) atoms. The Balaban J connectivity index is 2.32. The van der Waals surface area contributed by atoms with Crippen LogP contribution in [-0.4, -0.2) is 33.3 Å².